The van der Waals surface area contributed by atoms with Crippen molar-refractivity contribution in [2.75, 3.05) is 18.5 Å². The minimum atomic E-state index is -0.346. The Labute approximate surface area is 221 Å². The molecule has 4 atom stereocenters. The van der Waals surface area contributed by atoms with Gasteiger partial charge in [-0.05, 0) is 77.5 Å². The summed E-state index contributed by atoms with van der Waals surface area (Å²) in [7, 11) is 0. The summed E-state index contributed by atoms with van der Waals surface area (Å²) < 4.78 is 12.0. The SMILES string of the molecule is CCOc1cc(C=NN2C(=O)[C@@H]3[C@H](C2=O)[C@H]2C=C[C@H]3C2)c(Br)cc1OCC(=O)Nc1ccc(Cl)cc1. The first kappa shape index (κ1) is 24.5. The molecule has 0 unspecified atom stereocenters. The number of rotatable bonds is 8. The highest BCUT2D eigenvalue weighted by Crippen LogP contribution is 2.52. The molecule has 1 N–H and O–H groups in total. The predicted octanol–water partition coefficient (Wildman–Crippen LogP) is 4.66. The highest BCUT2D eigenvalue weighted by molar-refractivity contribution is 9.10. The molecule has 2 aliphatic carbocycles. The molecule has 3 amide bonds. The third kappa shape index (κ3) is 4.65. The van der Waals surface area contributed by atoms with Crippen molar-refractivity contribution < 1.29 is 23.9 Å². The summed E-state index contributed by atoms with van der Waals surface area (Å²) in [5.41, 5.74) is 1.19. The fraction of sp³-hybridized carbons (Fsp3) is 0.308. The number of nitrogens with one attached hydrogen (secondary N) is 1. The molecule has 0 spiro atoms. The van der Waals surface area contributed by atoms with Crippen molar-refractivity contribution in [2.45, 2.75) is 13.3 Å². The van der Waals surface area contributed by atoms with Crippen molar-refractivity contribution in [3.63, 3.8) is 0 Å². The van der Waals surface area contributed by atoms with E-state index in [0.29, 0.717) is 38.9 Å². The molecule has 36 heavy (non-hydrogen) atoms. The summed E-state index contributed by atoms with van der Waals surface area (Å²) in [6.07, 6.45) is 6.41. The average Bonchev–Trinajstić information content (AvgIpc) is 3.54. The van der Waals surface area contributed by atoms with Crippen LogP contribution >= 0.6 is 27.5 Å². The molecule has 3 aliphatic rings. The molecule has 5 rings (SSSR count). The number of halogens is 2. The van der Waals surface area contributed by atoms with Crippen LogP contribution in [0.3, 0.4) is 0 Å². The third-order valence-electron chi connectivity index (χ3n) is 6.61. The topological polar surface area (TPSA) is 97.3 Å². The van der Waals surface area contributed by atoms with Crippen LogP contribution in [-0.4, -0.2) is 42.2 Å². The lowest BCUT2D eigenvalue weighted by Gasteiger charge is -2.14. The van der Waals surface area contributed by atoms with Crippen LogP contribution in [0.15, 0.2) is 58.1 Å². The van der Waals surface area contributed by atoms with Gasteiger partial charge in [-0.1, -0.05) is 23.8 Å². The van der Waals surface area contributed by atoms with E-state index in [1.54, 1.807) is 36.4 Å². The molecule has 1 saturated carbocycles. The second kappa shape index (κ2) is 10.1. The van der Waals surface area contributed by atoms with E-state index in [1.807, 2.05) is 19.1 Å². The minimum absolute atomic E-state index is 0.126. The summed E-state index contributed by atoms with van der Waals surface area (Å²) in [6.45, 7) is 1.96. The van der Waals surface area contributed by atoms with Crippen LogP contribution in [0.1, 0.15) is 18.9 Å². The number of carbonyl (C=O) groups excluding carboxylic acids is 3. The Kier molecular flexibility index (Phi) is 6.85. The average molecular weight is 573 g/mol. The Bertz CT molecular complexity index is 1250. The van der Waals surface area contributed by atoms with Crippen molar-refractivity contribution in [1.82, 2.24) is 5.01 Å². The number of allylic oxidation sites excluding steroid dienone is 2. The number of amides is 3. The van der Waals surface area contributed by atoms with Gasteiger partial charge in [-0.2, -0.15) is 10.1 Å². The van der Waals surface area contributed by atoms with Crippen molar-refractivity contribution in [3.8, 4) is 11.5 Å². The maximum Gasteiger partial charge on any atom is 0.262 e. The first-order chi connectivity index (χ1) is 17.4. The van der Waals surface area contributed by atoms with Gasteiger partial charge in [0, 0.05) is 20.7 Å². The van der Waals surface area contributed by atoms with Crippen molar-refractivity contribution in [1.29, 1.82) is 0 Å². The molecular weight excluding hydrogens is 550 g/mol. The van der Waals surface area contributed by atoms with Crippen LogP contribution in [0.2, 0.25) is 5.02 Å². The lowest BCUT2D eigenvalue weighted by molar-refractivity contribution is -0.140. The number of nitrogens with zero attached hydrogens (tertiary/aromatic N) is 2. The van der Waals surface area contributed by atoms with E-state index in [0.717, 1.165) is 11.4 Å². The van der Waals surface area contributed by atoms with Crippen LogP contribution in [0, 0.1) is 23.7 Å². The molecular formula is C26H23BrClN3O5. The largest absolute Gasteiger partial charge is 0.490 e. The Balaban J connectivity index is 1.28. The second-order valence-corrected chi connectivity index (χ2v) is 10.1. The Hall–Kier alpha value is -3.17. The maximum atomic E-state index is 12.9. The number of ether oxygens (including phenoxy) is 2. The number of imide groups is 1. The van der Waals surface area contributed by atoms with Gasteiger partial charge in [0.1, 0.15) is 0 Å². The van der Waals surface area contributed by atoms with Gasteiger partial charge in [0.05, 0.1) is 24.7 Å². The Morgan fingerprint density at radius 2 is 1.75 bits per heavy atom. The molecule has 1 heterocycles. The first-order valence-electron chi connectivity index (χ1n) is 11.6. The zero-order chi connectivity index (χ0) is 25.4. The normalized spacial score (nSPS) is 24.0. The number of benzene rings is 2. The molecule has 1 saturated heterocycles. The fourth-order valence-corrected chi connectivity index (χ4v) is 5.58. The van der Waals surface area contributed by atoms with Crippen molar-refractivity contribution >= 4 is 57.2 Å². The zero-order valence-electron chi connectivity index (χ0n) is 19.3. The van der Waals surface area contributed by atoms with Gasteiger partial charge in [-0.3, -0.25) is 14.4 Å². The molecule has 0 aromatic heterocycles. The summed E-state index contributed by atoms with van der Waals surface area (Å²) in [5.74, 6) is -0.429. The van der Waals surface area contributed by atoms with E-state index in [4.69, 9.17) is 21.1 Å². The van der Waals surface area contributed by atoms with Crippen LogP contribution < -0.4 is 14.8 Å². The Morgan fingerprint density at radius 3 is 2.39 bits per heavy atom. The van der Waals surface area contributed by atoms with E-state index in [9.17, 15) is 14.4 Å². The van der Waals surface area contributed by atoms with E-state index in [-0.39, 0.29) is 48.0 Å². The standard InChI is InChI=1S/C26H23BrClN3O5/c1-2-35-20-10-16(12-29-31-25(33)23-14-3-4-15(9-14)24(23)26(31)34)19(27)11-21(20)36-13-22(32)30-18-7-5-17(28)6-8-18/h3-8,10-12,14-15,23-24H,2,9,13H2,1H3,(H,30,32)/t14-,15-,23-,24+/m0/s1. The monoisotopic (exact) mass is 571 g/mol. The molecule has 2 aromatic carbocycles. The lowest BCUT2D eigenvalue weighted by atomic mass is 9.85. The molecule has 0 radical (unpaired) electrons. The third-order valence-corrected chi connectivity index (χ3v) is 7.55. The van der Waals surface area contributed by atoms with Crippen LogP contribution in [0.5, 0.6) is 11.5 Å². The van der Waals surface area contributed by atoms with Crippen LogP contribution in [0.25, 0.3) is 0 Å². The number of hydrogen-bond acceptors (Lipinski definition) is 6. The smallest absolute Gasteiger partial charge is 0.262 e. The molecule has 2 aromatic rings. The molecule has 2 bridgehead atoms. The maximum absolute atomic E-state index is 12.9. The zero-order valence-corrected chi connectivity index (χ0v) is 21.7. The molecule has 8 nitrogen and oxygen atoms in total. The van der Waals surface area contributed by atoms with Gasteiger partial charge in [-0.15, -0.1) is 0 Å². The van der Waals surface area contributed by atoms with Gasteiger partial charge >= 0.3 is 0 Å². The van der Waals surface area contributed by atoms with Gasteiger partial charge in [0.15, 0.2) is 18.1 Å². The summed E-state index contributed by atoms with van der Waals surface area (Å²) in [4.78, 5) is 38.1. The number of hydrazone groups is 1. The number of carbonyl (C=O) groups is 3. The molecule has 2 fully saturated rings. The fourth-order valence-electron chi connectivity index (χ4n) is 5.02. The summed E-state index contributed by atoms with van der Waals surface area (Å²) in [5, 5.41) is 8.54. The summed E-state index contributed by atoms with van der Waals surface area (Å²) in [6, 6.07) is 10.1. The van der Waals surface area contributed by atoms with Crippen LogP contribution in [0.4, 0.5) is 5.69 Å². The van der Waals surface area contributed by atoms with Gasteiger partial charge in [0.25, 0.3) is 17.7 Å². The van der Waals surface area contributed by atoms with E-state index < -0.39 is 0 Å². The first-order valence-corrected chi connectivity index (χ1v) is 12.8. The van der Waals surface area contributed by atoms with Crippen molar-refractivity contribution in [3.05, 3.63) is 63.6 Å². The highest BCUT2D eigenvalue weighted by Gasteiger charge is 2.59. The molecule has 186 valence electrons. The minimum Gasteiger partial charge on any atom is -0.490 e. The molecule has 10 heteroatoms. The summed E-state index contributed by atoms with van der Waals surface area (Å²) >= 11 is 9.35. The van der Waals surface area contributed by atoms with Gasteiger partial charge in [0.2, 0.25) is 0 Å². The number of fused-ring (bicyclic) bond motifs is 5. The predicted molar refractivity (Wildman–Crippen MR) is 138 cm³/mol. The number of anilines is 1. The van der Waals surface area contributed by atoms with Gasteiger partial charge in [-0.25, -0.2) is 0 Å². The van der Waals surface area contributed by atoms with Crippen LogP contribution in [-0.2, 0) is 14.4 Å². The quantitative estimate of drug-likeness (QED) is 0.282. The van der Waals surface area contributed by atoms with Gasteiger partial charge < -0.3 is 14.8 Å². The second-order valence-electron chi connectivity index (χ2n) is 8.83. The van der Waals surface area contributed by atoms with E-state index in [2.05, 4.69) is 26.3 Å². The van der Waals surface area contributed by atoms with Crippen molar-refractivity contribution in [2.24, 2.45) is 28.8 Å². The van der Waals surface area contributed by atoms with E-state index >= 15 is 0 Å². The molecule has 1 aliphatic heterocycles. The highest BCUT2D eigenvalue weighted by atomic mass is 79.9. The Morgan fingerprint density at radius 1 is 1.11 bits per heavy atom. The lowest BCUT2D eigenvalue weighted by Crippen LogP contribution is -2.28. The number of hydrogen-bond donors (Lipinski definition) is 1. The van der Waals surface area contributed by atoms with E-state index in [1.165, 1.54) is 6.21 Å².